The van der Waals surface area contributed by atoms with E-state index in [-0.39, 0.29) is 11.3 Å². The van der Waals surface area contributed by atoms with Crippen molar-refractivity contribution in [2.75, 3.05) is 46.0 Å². The Balaban J connectivity index is 1.71. The summed E-state index contributed by atoms with van der Waals surface area (Å²) in [6.45, 7) is 9.75. The number of carbonyl (C=O) groups excluding carboxylic acids is 2. The number of aliphatic hydroxyl groups excluding tert-OH is 1. The first kappa shape index (κ1) is 25.2. The Hall–Kier alpha value is -2.94. The zero-order valence-electron chi connectivity index (χ0n) is 19.7. The van der Waals surface area contributed by atoms with E-state index < -0.39 is 17.7 Å². The average Bonchev–Trinajstić information content (AvgIpc) is 3.12. The fourth-order valence-corrected chi connectivity index (χ4v) is 4.70. The molecular weight excluding hydrogens is 512 g/mol. The molecule has 0 aliphatic carbocycles. The summed E-state index contributed by atoms with van der Waals surface area (Å²) in [7, 11) is 0. The molecule has 1 N–H and O–H groups in total. The molecule has 2 aliphatic rings. The number of halogens is 1. The van der Waals surface area contributed by atoms with Gasteiger partial charge in [0.05, 0.1) is 24.8 Å². The zero-order valence-corrected chi connectivity index (χ0v) is 21.3. The van der Waals surface area contributed by atoms with Crippen LogP contribution >= 0.6 is 15.9 Å². The summed E-state index contributed by atoms with van der Waals surface area (Å²) in [5.74, 6) is -0.808. The number of aliphatic hydroxyl groups is 1. The third-order valence-electron chi connectivity index (χ3n) is 6.29. The molecule has 35 heavy (non-hydrogen) atoms. The average molecular weight is 541 g/mol. The molecule has 2 saturated heterocycles. The summed E-state index contributed by atoms with van der Waals surface area (Å²) in [6.07, 6.45) is 1.66. The molecule has 0 aromatic heterocycles. The van der Waals surface area contributed by atoms with Crippen molar-refractivity contribution in [2.45, 2.75) is 13.0 Å². The molecule has 0 unspecified atom stereocenters. The number of likely N-dealkylation sites (tertiary alicyclic amines) is 1. The van der Waals surface area contributed by atoms with Gasteiger partial charge < -0.3 is 19.5 Å². The summed E-state index contributed by atoms with van der Waals surface area (Å²) >= 11 is 3.44. The fraction of sp³-hybridized carbons (Fsp3) is 0.333. The van der Waals surface area contributed by atoms with Crippen molar-refractivity contribution in [3.63, 3.8) is 0 Å². The number of morpholine rings is 1. The molecule has 1 atom stereocenters. The van der Waals surface area contributed by atoms with Gasteiger partial charge in [-0.15, -0.1) is 0 Å². The maximum absolute atomic E-state index is 13.2. The highest BCUT2D eigenvalue weighted by Crippen LogP contribution is 2.40. The molecule has 4 rings (SSSR count). The first-order chi connectivity index (χ1) is 16.9. The minimum atomic E-state index is -0.680. The van der Waals surface area contributed by atoms with Crippen LogP contribution in [0, 0.1) is 6.92 Å². The summed E-state index contributed by atoms with van der Waals surface area (Å²) < 4.78 is 11.9. The van der Waals surface area contributed by atoms with E-state index in [1.54, 1.807) is 29.2 Å². The van der Waals surface area contributed by atoms with Gasteiger partial charge in [0.2, 0.25) is 0 Å². The van der Waals surface area contributed by atoms with E-state index in [2.05, 4.69) is 27.4 Å². The molecular formula is C27H29BrN2O5. The van der Waals surface area contributed by atoms with Crippen LogP contribution in [0.5, 0.6) is 5.75 Å². The Morgan fingerprint density at radius 2 is 1.89 bits per heavy atom. The zero-order chi connectivity index (χ0) is 24.9. The van der Waals surface area contributed by atoms with E-state index in [4.69, 9.17) is 9.47 Å². The molecule has 0 spiro atoms. The largest absolute Gasteiger partial charge is 0.507 e. The fourth-order valence-electron chi connectivity index (χ4n) is 4.44. The predicted octanol–water partition coefficient (Wildman–Crippen LogP) is 4.08. The molecule has 2 heterocycles. The number of carbonyl (C=O) groups is 2. The van der Waals surface area contributed by atoms with Gasteiger partial charge in [-0.05, 0) is 48.4 Å². The van der Waals surface area contributed by atoms with Gasteiger partial charge in [0.1, 0.15) is 18.1 Å². The maximum Gasteiger partial charge on any atom is 0.295 e. The number of hydrogen-bond donors (Lipinski definition) is 1. The third-order valence-corrected chi connectivity index (χ3v) is 6.82. The molecule has 2 aromatic carbocycles. The smallest absolute Gasteiger partial charge is 0.295 e. The molecule has 2 aromatic rings. The molecule has 7 nitrogen and oxygen atoms in total. The highest BCUT2D eigenvalue weighted by molar-refractivity contribution is 9.10. The van der Waals surface area contributed by atoms with Crippen LogP contribution in [0.25, 0.3) is 5.76 Å². The summed E-state index contributed by atoms with van der Waals surface area (Å²) in [4.78, 5) is 30.2. The van der Waals surface area contributed by atoms with Gasteiger partial charge in [0.25, 0.3) is 11.7 Å². The van der Waals surface area contributed by atoms with Crippen molar-refractivity contribution in [1.29, 1.82) is 0 Å². The highest BCUT2D eigenvalue weighted by Gasteiger charge is 2.46. The first-order valence-corrected chi connectivity index (χ1v) is 12.4. The Morgan fingerprint density at radius 1 is 1.17 bits per heavy atom. The first-order valence-electron chi connectivity index (χ1n) is 11.6. The van der Waals surface area contributed by atoms with Gasteiger partial charge in [-0.3, -0.25) is 14.5 Å². The number of hydrogen-bond acceptors (Lipinski definition) is 6. The van der Waals surface area contributed by atoms with Crippen molar-refractivity contribution in [3.8, 4) is 5.75 Å². The summed E-state index contributed by atoms with van der Waals surface area (Å²) in [5.41, 5.74) is 2.12. The second kappa shape index (κ2) is 11.2. The number of benzene rings is 2. The van der Waals surface area contributed by atoms with Gasteiger partial charge in [0.15, 0.2) is 0 Å². The molecule has 2 aliphatic heterocycles. The van der Waals surface area contributed by atoms with Gasteiger partial charge in [0, 0.05) is 36.2 Å². The second-order valence-electron chi connectivity index (χ2n) is 8.58. The van der Waals surface area contributed by atoms with E-state index in [1.807, 2.05) is 31.2 Å². The van der Waals surface area contributed by atoms with Crippen LogP contribution in [0.15, 0.2) is 65.2 Å². The van der Waals surface area contributed by atoms with Crippen molar-refractivity contribution in [1.82, 2.24) is 9.80 Å². The lowest BCUT2D eigenvalue weighted by molar-refractivity contribution is -0.140. The molecule has 0 bridgehead atoms. The minimum absolute atomic E-state index is 0.0958. The van der Waals surface area contributed by atoms with Crippen molar-refractivity contribution in [2.24, 2.45) is 0 Å². The normalized spacial score (nSPS) is 20.3. The third kappa shape index (κ3) is 5.50. The lowest BCUT2D eigenvalue weighted by Gasteiger charge is -2.31. The van der Waals surface area contributed by atoms with Crippen LogP contribution in [0.3, 0.4) is 0 Å². The van der Waals surface area contributed by atoms with Crippen molar-refractivity contribution >= 4 is 33.4 Å². The second-order valence-corrected chi connectivity index (χ2v) is 9.49. The van der Waals surface area contributed by atoms with Crippen LogP contribution in [0.2, 0.25) is 0 Å². The quantitative estimate of drug-likeness (QED) is 0.235. The van der Waals surface area contributed by atoms with Crippen LogP contribution in [0.4, 0.5) is 0 Å². The number of aryl methyl sites for hydroxylation is 1. The van der Waals surface area contributed by atoms with Gasteiger partial charge in [-0.1, -0.05) is 40.7 Å². The number of rotatable bonds is 8. The molecule has 2 fully saturated rings. The summed E-state index contributed by atoms with van der Waals surface area (Å²) in [6, 6.07) is 12.0. The summed E-state index contributed by atoms with van der Waals surface area (Å²) in [5, 5.41) is 11.3. The van der Waals surface area contributed by atoms with Crippen LogP contribution in [-0.2, 0) is 14.3 Å². The SMILES string of the molecule is C=CCOc1ccc(C(O)=C2C(=O)C(=O)N(CCN3CCOCC3)[C@H]2c2ccc(Br)cc2)cc1C. The van der Waals surface area contributed by atoms with Crippen molar-refractivity contribution in [3.05, 3.63) is 81.9 Å². The maximum atomic E-state index is 13.2. The Bertz CT molecular complexity index is 1140. The number of nitrogens with zero attached hydrogens (tertiary/aromatic N) is 2. The molecule has 0 radical (unpaired) electrons. The highest BCUT2D eigenvalue weighted by atomic mass is 79.9. The number of ketones is 1. The lowest BCUT2D eigenvalue weighted by atomic mass is 9.95. The van der Waals surface area contributed by atoms with Crippen molar-refractivity contribution < 1.29 is 24.2 Å². The van der Waals surface area contributed by atoms with E-state index in [0.717, 1.165) is 28.7 Å². The topological polar surface area (TPSA) is 79.3 Å². The Labute approximate surface area is 213 Å². The van der Waals surface area contributed by atoms with E-state index in [1.165, 1.54) is 0 Å². The van der Waals surface area contributed by atoms with Crippen LogP contribution in [0.1, 0.15) is 22.7 Å². The monoisotopic (exact) mass is 540 g/mol. The number of Topliss-reactive ketones (excluding diaryl/α,β-unsaturated/α-hetero) is 1. The van der Waals surface area contributed by atoms with Gasteiger partial charge in [-0.2, -0.15) is 0 Å². The lowest BCUT2D eigenvalue weighted by Crippen LogP contribution is -2.42. The molecule has 1 amide bonds. The number of ether oxygens (including phenoxy) is 2. The van der Waals surface area contributed by atoms with Gasteiger partial charge >= 0.3 is 0 Å². The predicted molar refractivity (Wildman–Crippen MR) is 137 cm³/mol. The Morgan fingerprint density at radius 3 is 2.54 bits per heavy atom. The molecule has 0 saturated carbocycles. The van der Waals surface area contributed by atoms with Crippen LogP contribution in [-0.4, -0.2) is 72.6 Å². The number of amides is 1. The Kier molecular flexibility index (Phi) is 8.05. The molecule has 8 heteroatoms. The van der Waals surface area contributed by atoms with E-state index in [9.17, 15) is 14.7 Å². The standard InChI is InChI=1S/C27H29BrN2O5/c1-3-14-35-22-9-6-20(17-18(22)2)25(31)23-24(19-4-7-21(28)8-5-19)30(27(33)26(23)32)11-10-29-12-15-34-16-13-29/h3-9,17,24,31H,1,10-16H2,2H3/t24-/m0/s1. The van der Waals surface area contributed by atoms with E-state index in [0.29, 0.717) is 44.2 Å². The van der Waals surface area contributed by atoms with Gasteiger partial charge in [-0.25, -0.2) is 0 Å². The molecule has 184 valence electrons. The minimum Gasteiger partial charge on any atom is -0.507 e. The van der Waals surface area contributed by atoms with Crippen LogP contribution < -0.4 is 4.74 Å². The van der Waals surface area contributed by atoms with E-state index >= 15 is 0 Å².